The summed E-state index contributed by atoms with van der Waals surface area (Å²) in [6.45, 7) is 4.57. The van der Waals surface area contributed by atoms with Crippen LogP contribution in [-0.2, 0) is 17.9 Å². The lowest BCUT2D eigenvalue weighted by atomic mass is 10.1. The standard InChI is InChI=1S/C28H23FN2O2S/c1-18-8-7-9-20(14-18)16-31-27(32)26(34-28(31)33)15-23-19(2)30(25-13-6-4-11-22(23)25)17-21-10-3-5-12-24(21)29/h3-15H,16-17H2,1-2H3/b26-15-. The molecule has 170 valence electrons. The second-order valence-electron chi connectivity index (χ2n) is 8.45. The van der Waals surface area contributed by atoms with Crippen LogP contribution in [0.25, 0.3) is 17.0 Å². The van der Waals surface area contributed by atoms with Crippen molar-refractivity contribution in [3.05, 3.63) is 111 Å². The van der Waals surface area contributed by atoms with Gasteiger partial charge in [0.05, 0.1) is 18.0 Å². The van der Waals surface area contributed by atoms with Gasteiger partial charge in [-0.15, -0.1) is 0 Å². The van der Waals surface area contributed by atoms with Crippen molar-refractivity contribution in [2.75, 3.05) is 0 Å². The van der Waals surface area contributed by atoms with E-state index in [-0.39, 0.29) is 23.5 Å². The summed E-state index contributed by atoms with van der Waals surface area (Å²) in [6, 6.07) is 22.4. The van der Waals surface area contributed by atoms with E-state index in [0.29, 0.717) is 17.0 Å². The van der Waals surface area contributed by atoms with E-state index in [9.17, 15) is 14.0 Å². The SMILES string of the molecule is Cc1cccc(CN2C(=O)S/C(=C\c3c(C)n(Cc4ccccc4F)c4ccccc34)C2=O)c1. The zero-order valence-corrected chi connectivity index (χ0v) is 19.7. The Balaban J connectivity index is 1.52. The number of imide groups is 1. The molecule has 1 aliphatic heterocycles. The molecule has 0 radical (unpaired) electrons. The molecule has 5 rings (SSSR count). The van der Waals surface area contributed by atoms with Crippen LogP contribution in [0.3, 0.4) is 0 Å². The van der Waals surface area contributed by atoms with Crippen molar-refractivity contribution in [3.63, 3.8) is 0 Å². The van der Waals surface area contributed by atoms with E-state index < -0.39 is 0 Å². The predicted molar refractivity (Wildman–Crippen MR) is 135 cm³/mol. The number of aryl methyl sites for hydroxylation is 1. The molecule has 4 aromatic rings. The highest BCUT2D eigenvalue weighted by molar-refractivity contribution is 8.18. The molecule has 1 aliphatic rings. The van der Waals surface area contributed by atoms with Crippen molar-refractivity contribution >= 4 is 39.9 Å². The average molecular weight is 471 g/mol. The van der Waals surface area contributed by atoms with Crippen LogP contribution in [0.15, 0.2) is 77.7 Å². The second-order valence-corrected chi connectivity index (χ2v) is 9.44. The van der Waals surface area contributed by atoms with Crippen LogP contribution in [0.1, 0.15) is 27.9 Å². The van der Waals surface area contributed by atoms with Crippen molar-refractivity contribution in [2.24, 2.45) is 0 Å². The lowest BCUT2D eigenvalue weighted by Crippen LogP contribution is -2.27. The Labute approximate surface area is 201 Å². The Morgan fingerprint density at radius 1 is 0.912 bits per heavy atom. The number of amides is 2. The fourth-order valence-electron chi connectivity index (χ4n) is 4.40. The monoisotopic (exact) mass is 470 g/mol. The topological polar surface area (TPSA) is 42.3 Å². The summed E-state index contributed by atoms with van der Waals surface area (Å²) >= 11 is 0.962. The van der Waals surface area contributed by atoms with Gasteiger partial charge in [0.2, 0.25) is 0 Å². The maximum atomic E-state index is 14.4. The molecule has 0 spiro atoms. The largest absolute Gasteiger partial charge is 0.340 e. The number of nitrogens with zero attached hydrogens (tertiary/aromatic N) is 2. The number of carbonyl (C=O) groups excluding carboxylic acids is 2. The first-order valence-corrected chi connectivity index (χ1v) is 11.9. The van der Waals surface area contributed by atoms with Crippen LogP contribution in [0.2, 0.25) is 0 Å². The molecule has 2 amide bonds. The molecule has 3 aromatic carbocycles. The van der Waals surface area contributed by atoms with Crippen molar-refractivity contribution in [1.82, 2.24) is 9.47 Å². The summed E-state index contributed by atoms with van der Waals surface area (Å²) in [7, 11) is 0. The summed E-state index contributed by atoms with van der Waals surface area (Å²) in [6.07, 6.45) is 1.80. The molecule has 0 N–H and O–H groups in total. The minimum absolute atomic E-state index is 0.248. The summed E-state index contributed by atoms with van der Waals surface area (Å²) in [4.78, 5) is 27.5. The quantitative estimate of drug-likeness (QED) is 0.306. The van der Waals surface area contributed by atoms with Crippen molar-refractivity contribution in [2.45, 2.75) is 26.9 Å². The minimum atomic E-state index is -0.290. The lowest BCUT2D eigenvalue weighted by molar-refractivity contribution is -0.123. The van der Waals surface area contributed by atoms with Crippen LogP contribution >= 0.6 is 11.8 Å². The minimum Gasteiger partial charge on any atom is -0.340 e. The molecule has 34 heavy (non-hydrogen) atoms. The number of hydrogen-bond donors (Lipinski definition) is 0. The third-order valence-electron chi connectivity index (χ3n) is 6.14. The van der Waals surface area contributed by atoms with Gasteiger partial charge < -0.3 is 4.57 Å². The highest BCUT2D eigenvalue weighted by Crippen LogP contribution is 2.36. The third kappa shape index (κ3) is 4.05. The third-order valence-corrected chi connectivity index (χ3v) is 7.05. The van der Waals surface area contributed by atoms with Crippen molar-refractivity contribution < 1.29 is 14.0 Å². The fraction of sp³-hybridized carbons (Fsp3) is 0.143. The number of aromatic nitrogens is 1. The molecular formula is C28H23FN2O2S. The summed E-state index contributed by atoms with van der Waals surface area (Å²) in [5.41, 5.74) is 5.33. The molecule has 6 heteroatoms. The van der Waals surface area contributed by atoms with Gasteiger partial charge in [0.1, 0.15) is 5.82 Å². The number of carbonyl (C=O) groups is 2. The lowest BCUT2D eigenvalue weighted by Gasteiger charge is -2.12. The van der Waals surface area contributed by atoms with E-state index in [4.69, 9.17) is 0 Å². The molecule has 4 nitrogen and oxygen atoms in total. The van der Waals surface area contributed by atoms with E-state index >= 15 is 0 Å². The van der Waals surface area contributed by atoms with Gasteiger partial charge in [-0.1, -0.05) is 66.2 Å². The van der Waals surface area contributed by atoms with Gasteiger partial charge in [-0.3, -0.25) is 14.5 Å². The smallest absolute Gasteiger partial charge is 0.293 e. The molecule has 0 atom stereocenters. The Morgan fingerprint density at radius 3 is 2.47 bits per heavy atom. The predicted octanol–water partition coefficient (Wildman–Crippen LogP) is 6.68. The van der Waals surface area contributed by atoms with E-state index in [1.54, 1.807) is 18.2 Å². The van der Waals surface area contributed by atoms with Crippen molar-refractivity contribution in [3.8, 4) is 0 Å². The maximum Gasteiger partial charge on any atom is 0.293 e. The number of hydrogen-bond acceptors (Lipinski definition) is 3. The number of thioether (sulfide) groups is 1. The zero-order valence-electron chi connectivity index (χ0n) is 18.9. The van der Waals surface area contributed by atoms with E-state index in [1.807, 2.05) is 68.4 Å². The van der Waals surface area contributed by atoms with Gasteiger partial charge in [0, 0.05) is 27.7 Å². The molecule has 0 saturated carbocycles. The summed E-state index contributed by atoms with van der Waals surface area (Å²) < 4.78 is 16.4. The molecule has 1 saturated heterocycles. The Morgan fingerprint density at radius 2 is 1.68 bits per heavy atom. The Hall–Kier alpha value is -3.64. The second kappa shape index (κ2) is 8.95. The first kappa shape index (κ1) is 22.2. The van der Waals surface area contributed by atoms with Crippen LogP contribution in [0.4, 0.5) is 9.18 Å². The molecular weight excluding hydrogens is 447 g/mol. The summed E-state index contributed by atoms with van der Waals surface area (Å²) in [5, 5.41) is 0.687. The first-order chi connectivity index (χ1) is 16.4. The highest BCUT2D eigenvalue weighted by Gasteiger charge is 2.35. The van der Waals surface area contributed by atoms with E-state index in [1.165, 1.54) is 11.0 Å². The number of rotatable bonds is 5. The van der Waals surface area contributed by atoms with Gasteiger partial charge in [-0.2, -0.15) is 0 Å². The van der Waals surface area contributed by atoms with Gasteiger partial charge in [0.15, 0.2) is 0 Å². The van der Waals surface area contributed by atoms with Crippen LogP contribution in [0, 0.1) is 19.7 Å². The van der Waals surface area contributed by atoms with E-state index in [0.717, 1.165) is 45.0 Å². The van der Waals surface area contributed by atoms with Gasteiger partial charge in [0.25, 0.3) is 11.1 Å². The Bertz CT molecular complexity index is 1470. The van der Waals surface area contributed by atoms with Crippen LogP contribution in [0.5, 0.6) is 0 Å². The molecule has 1 fully saturated rings. The fourth-order valence-corrected chi connectivity index (χ4v) is 5.22. The van der Waals surface area contributed by atoms with E-state index in [2.05, 4.69) is 4.57 Å². The highest BCUT2D eigenvalue weighted by atomic mass is 32.2. The van der Waals surface area contributed by atoms with Crippen LogP contribution in [-0.4, -0.2) is 20.6 Å². The Kier molecular flexibility index (Phi) is 5.84. The van der Waals surface area contributed by atoms with Gasteiger partial charge in [-0.05, 0) is 49.4 Å². The normalized spacial score (nSPS) is 15.1. The zero-order chi connectivity index (χ0) is 23.8. The number of para-hydroxylation sites is 1. The van der Waals surface area contributed by atoms with Gasteiger partial charge >= 0.3 is 0 Å². The van der Waals surface area contributed by atoms with Gasteiger partial charge in [-0.25, -0.2) is 4.39 Å². The maximum absolute atomic E-state index is 14.4. The molecule has 0 bridgehead atoms. The average Bonchev–Trinajstić information content (AvgIpc) is 3.24. The molecule has 0 aliphatic carbocycles. The first-order valence-electron chi connectivity index (χ1n) is 11.0. The molecule has 0 unspecified atom stereocenters. The number of halogens is 1. The number of benzene rings is 3. The van der Waals surface area contributed by atoms with Crippen LogP contribution < -0.4 is 0 Å². The summed E-state index contributed by atoms with van der Waals surface area (Å²) in [5.74, 6) is -0.541. The molecule has 1 aromatic heterocycles. The van der Waals surface area contributed by atoms with Crippen molar-refractivity contribution in [1.29, 1.82) is 0 Å². The molecule has 2 heterocycles. The number of fused-ring (bicyclic) bond motifs is 1.